The van der Waals surface area contributed by atoms with Gasteiger partial charge in [0.05, 0.1) is 17.7 Å². The molecule has 0 aromatic carbocycles. The number of hydrogen-bond acceptors (Lipinski definition) is 3. The topological polar surface area (TPSA) is 68.0 Å². The molecule has 3 rings (SSSR count). The number of nitrogens with one attached hydrogen (secondary N) is 1. The maximum absolute atomic E-state index is 12.5. The Balaban J connectivity index is 1.76. The van der Waals surface area contributed by atoms with Crippen LogP contribution in [0.3, 0.4) is 0 Å². The van der Waals surface area contributed by atoms with Crippen LogP contribution in [0.25, 0.3) is 0 Å². The molecule has 2 aliphatic carbocycles. The average Bonchev–Trinajstić information content (AvgIpc) is 3.35. The number of pyridine rings is 1. The zero-order valence-corrected chi connectivity index (χ0v) is 11.4. The minimum atomic E-state index is -0.0301. The number of rotatable bonds is 4. The Labute approximate surface area is 119 Å². The first-order chi connectivity index (χ1) is 9.79. The van der Waals surface area contributed by atoms with E-state index in [1.807, 2.05) is 0 Å². The summed E-state index contributed by atoms with van der Waals surface area (Å²) in [6.07, 6.45) is 8.25. The van der Waals surface area contributed by atoms with E-state index in [1.54, 1.807) is 18.5 Å². The standard InChI is InChI=1S/C16H19N3O/c17-8-1-2-13-10-18-9-7-14(13)16(20)19-15(11-3-4-11)12-5-6-12/h7,9-12,15H,3-6,8,17H2,(H,19,20). The van der Waals surface area contributed by atoms with E-state index >= 15 is 0 Å². The number of nitrogens with zero attached hydrogens (tertiary/aromatic N) is 1. The molecule has 0 bridgehead atoms. The predicted octanol–water partition coefficient (Wildman–Crippen LogP) is 1.31. The summed E-state index contributed by atoms with van der Waals surface area (Å²) >= 11 is 0. The highest BCUT2D eigenvalue weighted by atomic mass is 16.1. The summed E-state index contributed by atoms with van der Waals surface area (Å²) in [7, 11) is 0. The molecular formula is C16H19N3O. The summed E-state index contributed by atoms with van der Waals surface area (Å²) < 4.78 is 0. The molecule has 0 aliphatic heterocycles. The van der Waals surface area contributed by atoms with Crippen molar-refractivity contribution in [2.75, 3.05) is 6.54 Å². The van der Waals surface area contributed by atoms with Gasteiger partial charge in [-0.2, -0.15) is 0 Å². The molecule has 0 atom stereocenters. The number of carbonyl (C=O) groups is 1. The lowest BCUT2D eigenvalue weighted by molar-refractivity contribution is 0.0926. The molecule has 0 saturated heterocycles. The third kappa shape index (κ3) is 3.00. The number of nitrogens with two attached hydrogens (primary N) is 1. The number of carbonyl (C=O) groups excluding carboxylic acids is 1. The van der Waals surface area contributed by atoms with Gasteiger partial charge < -0.3 is 11.1 Å². The van der Waals surface area contributed by atoms with Gasteiger partial charge in [-0.3, -0.25) is 9.78 Å². The van der Waals surface area contributed by atoms with Crippen LogP contribution in [0, 0.1) is 23.7 Å². The molecule has 1 aromatic rings. The van der Waals surface area contributed by atoms with Crippen LogP contribution < -0.4 is 11.1 Å². The molecule has 3 N–H and O–H groups in total. The van der Waals surface area contributed by atoms with Gasteiger partial charge in [-0.25, -0.2) is 0 Å². The molecule has 2 saturated carbocycles. The molecule has 1 heterocycles. The fraction of sp³-hybridized carbons (Fsp3) is 0.500. The largest absolute Gasteiger partial charge is 0.349 e. The highest BCUT2D eigenvalue weighted by Crippen LogP contribution is 2.44. The molecule has 4 nitrogen and oxygen atoms in total. The van der Waals surface area contributed by atoms with Crippen LogP contribution in [0.5, 0.6) is 0 Å². The molecule has 2 fully saturated rings. The molecule has 4 heteroatoms. The summed E-state index contributed by atoms with van der Waals surface area (Å²) in [6, 6.07) is 2.08. The van der Waals surface area contributed by atoms with Crippen molar-refractivity contribution in [3.05, 3.63) is 29.6 Å². The fourth-order valence-corrected chi connectivity index (χ4v) is 2.60. The Kier molecular flexibility index (Phi) is 3.70. The average molecular weight is 269 g/mol. The van der Waals surface area contributed by atoms with E-state index in [2.05, 4.69) is 22.1 Å². The van der Waals surface area contributed by atoms with Crippen molar-refractivity contribution >= 4 is 5.91 Å². The van der Waals surface area contributed by atoms with Crippen molar-refractivity contribution < 1.29 is 4.79 Å². The van der Waals surface area contributed by atoms with Crippen LogP contribution in [-0.4, -0.2) is 23.5 Å². The van der Waals surface area contributed by atoms with Gasteiger partial charge in [0.25, 0.3) is 5.91 Å². The molecule has 104 valence electrons. The molecular weight excluding hydrogens is 250 g/mol. The quantitative estimate of drug-likeness (QED) is 0.810. The highest BCUT2D eigenvalue weighted by molar-refractivity contribution is 5.96. The van der Waals surface area contributed by atoms with E-state index < -0.39 is 0 Å². The second-order valence-electron chi connectivity index (χ2n) is 5.60. The molecule has 1 aromatic heterocycles. The lowest BCUT2D eigenvalue weighted by atomic mass is 10.1. The first-order valence-electron chi connectivity index (χ1n) is 7.23. The monoisotopic (exact) mass is 269 g/mol. The van der Waals surface area contributed by atoms with Gasteiger partial charge in [0.2, 0.25) is 0 Å². The van der Waals surface area contributed by atoms with Crippen LogP contribution in [0.4, 0.5) is 0 Å². The minimum absolute atomic E-state index is 0.0301. The predicted molar refractivity (Wildman–Crippen MR) is 76.9 cm³/mol. The third-order valence-electron chi connectivity index (χ3n) is 3.95. The van der Waals surface area contributed by atoms with Crippen LogP contribution in [-0.2, 0) is 0 Å². The van der Waals surface area contributed by atoms with Crippen molar-refractivity contribution in [3.63, 3.8) is 0 Å². The summed E-state index contributed by atoms with van der Waals surface area (Å²) in [5.74, 6) is 7.04. The van der Waals surface area contributed by atoms with Gasteiger partial charge >= 0.3 is 0 Å². The zero-order valence-electron chi connectivity index (χ0n) is 11.4. The Bertz CT molecular complexity index is 553. The first-order valence-corrected chi connectivity index (χ1v) is 7.23. The van der Waals surface area contributed by atoms with E-state index in [0.29, 0.717) is 29.0 Å². The molecule has 0 spiro atoms. The van der Waals surface area contributed by atoms with E-state index in [1.165, 1.54) is 25.7 Å². The molecule has 1 amide bonds. The molecule has 2 aliphatic rings. The summed E-state index contributed by atoms with van der Waals surface area (Å²) in [6.45, 7) is 0.280. The maximum Gasteiger partial charge on any atom is 0.252 e. The number of amides is 1. The van der Waals surface area contributed by atoms with Crippen LogP contribution in [0.2, 0.25) is 0 Å². The Morgan fingerprint density at radius 3 is 2.70 bits per heavy atom. The summed E-state index contributed by atoms with van der Waals surface area (Å²) in [4.78, 5) is 16.5. The SMILES string of the molecule is NCC#Cc1cnccc1C(=O)NC(C1CC1)C1CC1. The van der Waals surface area contributed by atoms with Crippen molar-refractivity contribution in [3.8, 4) is 11.8 Å². The summed E-state index contributed by atoms with van der Waals surface area (Å²) in [5, 5.41) is 3.21. The minimum Gasteiger partial charge on any atom is -0.349 e. The normalized spacial score (nSPS) is 17.5. The Morgan fingerprint density at radius 1 is 1.40 bits per heavy atom. The lowest BCUT2D eigenvalue weighted by Crippen LogP contribution is -2.38. The van der Waals surface area contributed by atoms with Crippen molar-refractivity contribution in [2.24, 2.45) is 17.6 Å². The van der Waals surface area contributed by atoms with Gasteiger partial charge in [-0.1, -0.05) is 11.8 Å². The molecule has 0 radical (unpaired) electrons. The van der Waals surface area contributed by atoms with E-state index in [9.17, 15) is 4.79 Å². The maximum atomic E-state index is 12.5. The number of aromatic nitrogens is 1. The van der Waals surface area contributed by atoms with E-state index in [4.69, 9.17) is 5.73 Å². The zero-order chi connectivity index (χ0) is 13.9. The van der Waals surface area contributed by atoms with Crippen LogP contribution >= 0.6 is 0 Å². The van der Waals surface area contributed by atoms with E-state index in [0.717, 1.165) is 0 Å². The van der Waals surface area contributed by atoms with Gasteiger partial charge in [0.15, 0.2) is 0 Å². The molecule has 0 unspecified atom stereocenters. The lowest BCUT2D eigenvalue weighted by Gasteiger charge is -2.18. The van der Waals surface area contributed by atoms with Crippen LogP contribution in [0.1, 0.15) is 41.6 Å². The van der Waals surface area contributed by atoms with Crippen molar-refractivity contribution in [1.82, 2.24) is 10.3 Å². The van der Waals surface area contributed by atoms with Gasteiger partial charge in [0.1, 0.15) is 0 Å². The first kappa shape index (κ1) is 13.1. The van der Waals surface area contributed by atoms with Crippen molar-refractivity contribution in [1.29, 1.82) is 0 Å². The van der Waals surface area contributed by atoms with Crippen LogP contribution in [0.15, 0.2) is 18.5 Å². The second kappa shape index (κ2) is 5.64. The summed E-state index contributed by atoms with van der Waals surface area (Å²) in [5.41, 5.74) is 6.64. The fourth-order valence-electron chi connectivity index (χ4n) is 2.60. The Morgan fingerprint density at radius 2 is 2.10 bits per heavy atom. The van der Waals surface area contributed by atoms with E-state index in [-0.39, 0.29) is 12.5 Å². The van der Waals surface area contributed by atoms with Gasteiger partial charge in [-0.15, -0.1) is 0 Å². The van der Waals surface area contributed by atoms with Gasteiger partial charge in [0, 0.05) is 18.4 Å². The van der Waals surface area contributed by atoms with Gasteiger partial charge in [-0.05, 0) is 43.6 Å². The smallest absolute Gasteiger partial charge is 0.252 e. The highest BCUT2D eigenvalue weighted by Gasteiger charge is 2.42. The van der Waals surface area contributed by atoms with Crippen molar-refractivity contribution in [2.45, 2.75) is 31.7 Å². The Hall–Kier alpha value is -1.86. The second-order valence-corrected chi connectivity index (χ2v) is 5.60. The number of hydrogen-bond donors (Lipinski definition) is 2. The molecule has 20 heavy (non-hydrogen) atoms. The third-order valence-corrected chi connectivity index (χ3v) is 3.95.